The molecule has 20 heavy (non-hydrogen) atoms. The highest BCUT2D eigenvalue weighted by molar-refractivity contribution is 6.33. The quantitative estimate of drug-likeness (QED) is 0.622. The van der Waals surface area contributed by atoms with Gasteiger partial charge in [-0.2, -0.15) is 0 Å². The van der Waals surface area contributed by atoms with Gasteiger partial charge in [-0.25, -0.2) is 0 Å². The molecule has 1 amide bonds. The fourth-order valence-electron chi connectivity index (χ4n) is 1.77. The number of halogens is 1. The van der Waals surface area contributed by atoms with Gasteiger partial charge < -0.3 is 10.4 Å². The van der Waals surface area contributed by atoms with Crippen molar-refractivity contribution in [2.24, 2.45) is 0 Å². The number of anilines is 1. The molecule has 1 aromatic rings. The molecule has 0 saturated heterocycles. The second kappa shape index (κ2) is 9.41. The summed E-state index contributed by atoms with van der Waals surface area (Å²) in [6, 6.07) is 5.16. The fraction of sp³-hybridized carbons (Fsp3) is 0.438. The summed E-state index contributed by atoms with van der Waals surface area (Å²) in [7, 11) is 0. The summed E-state index contributed by atoms with van der Waals surface area (Å²) in [6.07, 6.45) is 4.77. The van der Waals surface area contributed by atoms with Crippen LogP contribution in [-0.4, -0.2) is 17.6 Å². The number of amides is 1. The molecular formula is C16H20ClNO2. The van der Waals surface area contributed by atoms with E-state index in [1.807, 2.05) is 0 Å². The number of aliphatic hydroxyl groups excluding tert-OH is 1. The third-order valence-corrected chi connectivity index (χ3v) is 3.14. The summed E-state index contributed by atoms with van der Waals surface area (Å²) in [5.74, 6) is 5.32. The lowest BCUT2D eigenvalue weighted by molar-refractivity contribution is -0.116. The van der Waals surface area contributed by atoms with E-state index in [1.165, 1.54) is 0 Å². The normalized spacial score (nSPS) is 9.75. The molecule has 0 aliphatic carbocycles. The average molecular weight is 294 g/mol. The second-order valence-electron chi connectivity index (χ2n) is 4.51. The third-order valence-electron chi connectivity index (χ3n) is 2.81. The summed E-state index contributed by atoms with van der Waals surface area (Å²) in [5.41, 5.74) is 1.28. The van der Waals surface area contributed by atoms with Gasteiger partial charge in [0.05, 0.1) is 10.7 Å². The molecule has 0 aromatic heterocycles. The van der Waals surface area contributed by atoms with Crippen molar-refractivity contribution in [2.45, 2.75) is 39.0 Å². The van der Waals surface area contributed by atoms with Crippen LogP contribution >= 0.6 is 11.6 Å². The Bertz CT molecular complexity index is 503. The van der Waals surface area contributed by atoms with Crippen LogP contribution in [0.1, 0.15) is 44.6 Å². The summed E-state index contributed by atoms with van der Waals surface area (Å²) in [5, 5.41) is 12.0. The summed E-state index contributed by atoms with van der Waals surface area (Å²) >= 11 is 6.05. The smallest absolute Gasteiger partial charge is 0.224 e. The molecule has 0 saturated carbocycles. The number of carbonyl (C=O) groups excluding carboxylic acids is 1. The molecule has 1 aromatic carbocycles. The van der Waals surface area contributed by atoms with E-state index in [1.54, 1.807) is 18.2 Å². The lowest BCUT2D eigenvalue weighted by Gasteiger charge is -2.07. The van der Waals surface area contributed by atoms with E-state index >= 15 is 0 Å². The number of unbranched alkanes of at least 4 members (excludes halogenated alkanes) is 3. The Morgan fingerprint density at radius 2 is 2.15 bits per heavy atom. The SMILES string of the molecule is CCCCCCC(=O)Nc1cc(C#CCO)ccc1Cl. The molecule has 0 heterocycles. The molecule has 1 rings (SSSR count). The molecule has 108 valence electrons. The molecule has 0 fully saturated rings. The van der Waals surface area contributed by atoms with Crippen LogP contribution in [0.3, 0.4) is 0 Å². The van der Waals surface area contributed by atoms with Crippen molar-refractivity contribution < 1.29 is 9.90 Å². The van der Waals surface area contributed by atoms with Gasteiger partial charge in [0.2, 0.25) is 5.91 Å². The van der Waals surface area contributed by atoms with Crippen LogP contribution < -0.4 is 5.32 Å². The first-order valence-electron chi connectivity index (χ1n) is 6.86. The van der Waals surface area contributed by atoms with Gasteiger partial charge in [0.15, 0.2) is 0 Å². The summed E-state index contributed by atoms with van der Waals surface area (Å²) in [4.78, 5) is 11.8. The molecule has 0 atom stereocenters. The molecule has 2 N–H and O–H groups in total. The predicted octanol–water partition coefficient (Wildman–Crippen LogP) is 3.59. The molecule has 4 heteroatoms. The maximum absolute atomic E-state index is 11.8. The van der Waals surface area contributed by atoms with Gasteiger partial charge in [-0.1, -0.05) is 49.6 Å². The lowest BCUT2D eigenvalue weighted by Crippen LogP contribution is -2.11. The first-order valence-corrected chi connectivity index (χ1v) is 7.24. The van der Waals surface area contributed by atoms with E-state index < -0.39 is 0 Å². The summed E-state index contributed by atoms with van der Waals surface area (Å²) in [6.45, 7) is 1.94. The van der Waals surface area contributed by atoms with Gasteiger partial charge in [0.1, 0.15) is 6.61 Å². The van der Waals surface area contributed by atoms with Gasteiger partial charge in [0.25, 0.3) is 0 Å². The van der Waals surface area contributed by atoms with Crippen molar-refractivity contribution in [3.8, 4) is 11.8 Å². The average Bonchev–Trinajstić information content (AvgIpc) is 2.44. The highest BCUT2D eigenvalue weighted by Crippen LogP contribution is 2.23. The second-order valence-corrected chi connectivity index (χ2v) is 4.92. The van der Waals surface area contributed by atoms with E-state index in [4.69, 9.17) is 16.7 Å². The Morgan fingerprint density at radius 1 is 1.35 bits per heavy atom. The number of rotatable bonds is 6. The molecular weight excluding hydrogens is 274 g/mol. The number of hydrogen-bond donors (Lipinski definition) is 2. The minimum atomic E-state index is -0.193. The zero-order valence-electron chi connectivity index (χ0n) is 11.7. The zero-order valence-corrected chi connectivity index (χ0v) is 12.5. The molecule has 0 spiro atoms. The Labute approximate surface area is 125 Å². The molecule has 0 aliphatic heterocycles. The first kappa shape index (κ1) is 16.6. The van der Waals surface area contributed by atoms with E-state index in [-0.39, 0.29) is 12.5 Å². The lowest BCUT2D eigenvalue weighted by atomic mass is 10.1. The fourth-order valence-corrected chi connectivity index (χ4v) is 1.93. The number of carbonyl (C=O) groups is 1. The van der Waals surface area contributed by atoms with Gasteiger partial charge in [-0.05, 0) is 24.6 Å². The van der Waals surface area contributed by atoms with Crippen molar-refractivity contribution in [1.29, 1.82) is 0 Å². The number of nitrogens with one attached hydrogen (secondary N) is 1. The number of aliphatic hydroxyl groups is 1. The Hall–Kier alpha value is -1.50. The molecule has 0 aliphatic rings. The number of benzene rings is 1. The maximum Gasteiger partial charge on any atom is 0.224 e. The first-order chi connectivity index (χ1) is 9.67. The Morgan fingerprint density at radius 3 is 2.85 bits per heavy atom. The van der Waals surface area contributed by atoms with Crippen LogP contribution in [0.15, 0.2) is 18.2 Å². The largest absolute Gasteiger partial charge is 0.384 e. The van der Waals surface area contributed by atoms with Gasteiger partial charge >= 0.3 is 0 Å². The molecule has 0 radical (unpaired) electrons. The van der Waals surface area contributed by atoms with Crippen LogP contribution in [0.4, 0.5) is 5.69 Å². The van der Waals surface area contributed by atoms with Gasteiger partial charge in [-0.3, -0.25) is 4.79 Å². The maximum atomic E-state index is 11.8. The predicted molar refractivity (Wildman–Crippen MR) is 82.8 cm³/mol. The van der Waals surface area contributed by atoms with Crippen LogP contribution in [0, 0.1) is 11.8 Å². The van der Waals surface area contributed by atoms with Crippen LogP contribution in [0.25, 0.3) is 0 Å². The van der Waals surface area contributed by atoms with Crippen molar-refractivity contribution in [2.75, 3.05) is 11.9 Å². The van der Waals surface area contributed by atoms with Crippen molar-refractivity contribution in [3.05, 3.63) is 28.8 Å². The highest BCUT2D eigenvalue weighted by Gasteiger charge is 2.06. The van der Waals surface area contributed by atoms with E-state index in [0.29, 0.717) is 22.7 Å². The van der Waals surface area contributed by atoms with Crippen LogP contribution in [0.5, 0.6) is 0 Å². The van der Waals surface area contributed by atoms with Crippen LogP contribution in [0.2, 0.25) is 5.02 Å². The van der Waals surface area contributed by atoms with Crippen molar-refractivity contribution in [3.63, 3.8) is 0 Å². The van der Waals surface area contributed by atoms with E-state index in [0.717, 1.165) is 25.7 Å². The van der Waals surface area contributed by atoms with E-state index in [9.17, 15) is 4.79 Å². The topological polar surface area (TPSA) is 49.3 Å². The van der Waals surface area contributed by atoms with Gasteiger partial charge in [0, 0.05) is 12.0 Å². The molecule has 3 nitrogen and oxygen atoms in total. The van der Waals surface area contributed by atoms with Gasteiger partial charge in [-0.15, -0.1) is 0 Å². The van der Waals surface area contributed by atoms with Crippen molar-refractivity contribution >= 4 is 23.2 Å². The summed E-state index contributed by atoms with van der Waals surface area (Å²) < 4.78 is 0. The Balaban J connectivity index is 2.59. The van der Waals surface area contributed by atoms with Crippen LogP contribution in [-0.2, 0) is 4.79 Å². The molecule has 0 unspecified atom stereocenters. The zero-order chi connectivity index (χ0) is 14.8. The minimum absolute atomic E-state index is 0.0322. The number of hydrogen-bond acceptors (Lipinski definition) is 2. The third kappa shape index (κ3) is 6.10. The molecule has 0 bridgehead atoms. The van der Waals surface area contributed by atoms with Crippen molar-refractivity contribution in [1.82, 2.24) is 0 Å². The minimum Gasteiger partial charge on any atom is -0.384 e. The van der Waals surface area contributed by atoms with E-state index in [2.05, 4.69) is 24.1 Å². The highest BCUT2D eigenvalue weighted by atomic mass is 35.5. The Kier molecular flexibility index (Phi) is 7.79. The monoisotopic (exact) mass is 293 g/mol. The standard InChI is InChI=1S/C16H20ClNO2/c1-2-3-4-5-8-16(20)18-15-12-13(7-6-11-19)9-10-14(15)17/h9-10,12,19H,2-5,8,11H2,1H3,(H,18,20).